The molecule has 0 aromatic rings. The molecule has 2 rings (SSSR count). The van der Waals surface area contributed by atoms with Crippen LogP contribution in [0.2, 0.25) is 0 Å². The summed E-state index contributed by atoms with van der Waals surface area (Å²) < 4.78 is 59.7. The first-order valence-corrected chi connectivity index (χ1v) is 13.4. The summed E-state index contributed by atoms with van der Waals surface area (Å²) in [5.41, 5.74) is 11.5. The Morgan fingerprint density at radius 1 is 1.35 bits per heavy atom. The molecule has 0 aromatic heterocycles. The number of azide groups is 1. The summed E-state index contributed by atoms with van der Waals surface area (Å²) >= 11 is 0. The molecule has 0 aromatic carbocycles. The van der Waals surface area contributed by atoms with E-state index in [-0.39, 0.29) is 11.7 Å². The van der Waals surface area contributed by atoms with Gasteiger partial charge in [0.15, 0.2) is 12.4 Å². The Morgan fingerprint density at radius 3 is 2.52 bits per heavy atom. The predicted octanol–water partition coefficient (Wildman–Crippen LogP) is 2.61. The fourth-order valence-electron chi connectivity index (χ4n) is 3.17. The molecule has 0 saturated carbocycles. The lowest BCUT2D eigenvalue weighted by molar-refractivity contribution is -0.163. The number of esters is 2. The van der Waals surface area contributed by atoms with Crippen LogP contribution in [0.3, 0.4) is 0 Å². The lowest BCUT2D eigenvalue weighted by Crippen LogP contribution is -2.48. The van der Waals surface area contributed by atoms with Crippen LogP contribution in [0.4, 0.5) is 4.39 Å². The van der Waals surface area contributed by atoms with Crippen LogP contribution >= 0.6 is 7.82 Å². The minimum absolute atomic E-state index is 0.00896. The van der Waals surface area contributed by atoms with Gasteiger partial charge < -0.3 is 30.0 Å². The van der Waals surface area contributed by atoms with Crippen LogP contribution in [0.25, 0.3) is 10.4 Å². The molecule has 2 aliphatic rings. The van der Waals surface area contributed by atoms with Gasteiger partial charge in [-0.25, -0.2) is 23.0 Å². The van der Waals surface area contributed by atoms with Gasteiger partial charge in [0.2, 0.25) is 13.6 Å². The maximum atomic E-state index is 15.3. The van der Waals surface area contributed by atoms with Crippen LogP contribution in [0.5, 0.6) is 0 Å². The Balaban J connectivity index is 2.25. The zero-order valence-electron chi connectivity index (χ0n) is 22.8. The first-order valence-electron chi connectivity index (χ1n) is 11.9. The molecule has 18 heteroatoms. The lowest BCUT2D eigenvalue weighted by Gasteiger charge is -2.33. The van der Waals surface area contributed by atoms with Gasteiger partial charge in [-0.05, 0) is 32.4 Å². The van der Waals surface area contributed by atoms with Crippen molar-refractivity contribution in [2.75, 3.05) is 26.7 Å². The summed E-state index contributed by atoms with van der Waals surface area (Å²) in [6.45, 7) is 8.10. The van der Waals surface area contributed by atoms with E-state index in [0.29, 0.717) is 0 Å². The molecule has 2 aliphatic heterocycles. The Morgan fingerprint density at radius 2 is 1.98 bits per heavy atom. The number of nitrogens with zero attached hydrogens (tertiary/aromatic N) is 5. The number of rotatable bonds is 13. The topological polar surface area (TPSA) is 217 Å². The minimum atomic E-state index is -4.75. The Kier molecular flexibility index (Phi) is 11.2. The summed E-state index contributed by atoms with van der Waals surface area (Å²) in [5.74, 6) is -1.85. The summed E-state index contributed by atoms with van der Waals surface area (Å²) in [4.78, 5) is 31.5. The van der Waals surface area contributed by atoms with Crippen LogP contribution in [0.15, 0.2) is 34.8 Å². The van der Waals surface area contributed by atoms with Gasteiger partial charge in [0.1, 0.15) is 23.4 Å². The number of aliphatic hydroxyl groups excluding tert-OH is 1. The van der Waals surface area contributed by atoms with E-state index in [1.807, 2.05) is 0 Å². The highest BCUT2D eigenvalue weighted by atomic mass is 31.2. The quantitative estimate of drug-likeness (QED) is 0.0787. The minimum Gasteiger partial charge on any atom is -0.438 e. The number of halogens is 1. The highest BCUT2D eigenvalue weighted by molar-refractivity contribution is 7.48. The normalized spacial score (nSPS) is 26.2. The molecule has 224 valence electrons. The van der Waals surface area contributed by atoms with Crippen molar-refractivity contribution in [2.45, 2.75) is 58.7 Å². The van der Waals surface area contributed by atoms with Gasteiger partial charge in [-0.15, -0.1) is 0 Å². The van der Waals surface area contributed by atoms with Crippen LogP contribution in [0, 0.1) is 11.3 Å². The second-order valence-electron chi connectivity index (χ2n) is 10.0. The maximum absolute atomic E-state index is 15.3. The maximum Gasteiger partial charge on any atom is 0.480 e. The molecule has 40 heavy (non-hydrogen) atoms. The van der Waals surface area contributed by atoms with E-state index in [4.69, 9.17) is 39.0 Å². The number of hydrogen-bond donors (Lipinski definition) is 2. The predicted molar refractivity (Wildman–Crippen MR) is 136 cm³/mol. The van der Waals surface area contributed by atoms with Gasteiger partial charge in [-0.2, -0.15) is 0 Å². The average Bonchev–Trinajstić information content (AvgIpc) is 3.11. The molecule has 1 saturated heterocycles. The fourth-order valence-corrected chi connectivity index (χ4v) is 4.14. The molecule has 1 fully saturated rings. The van der Waals surface area contributed by atoms with E-state index in [2.05, 4.69) is 21.6 Å². The molecule has 0 aliphatic carbocycles. The summed E-state index contributed by atoms with van der Waals surface area (Å²) in [5, 5.41) is 14.2. The van der Waals surface area contributed by atoms with E-state index >= 15 is 4.39 Å². The van der Waals surface area contributed by atoms with Crippen molar-refractivity contribution < 1.29 is 51.4 Å². The first kappa shape index (κ1) is 33.2. The molecule has 2 heterocycles. The molecular weight excluding hydrogens is 558 g/mol. The van der Waals surface area contributed by atoms with Crippen molar-refractivity contribution >= 4 is 25.6 Å². The molecule has 3 N–H and O–H groups in total. The standard InChI is InChI=1S/C22H34FN6O10P/c1-13(2)19(31)34-11-37-40(33,38-12-35-20(32)21(4,5)6)36-10-22(9-26-28-25)17(30)16(23)18(39-22)29-8-7-15(24)27-14(29)3/h7-8,13,16-18,30H,3,9-12H2,1-2,4-6H3,(H2,24,27)/t16-,17+,18-,22-,40?/m1/s1. The van der Waals surface area contributed by atoms with E-state index < -0.39 is 81.9 Å². The second-order valence-corrected chi connectivity index (χ2v) is 11.7. The number of carbonyl (C=O) groups excluding carboxylic acids is 2. The van der Waals surface area contributed by atoms with Crippen LogP contribution in [-0.4, -0.2) is 78.6 Å². The molecule has 0 spiro atoms. The van der Waals surface area contributed by atoms with Crippen molar-refractivity contribution in [3.05, 3.63) is 35.1 Å². The Hall–Kier alpha value is -3.04. The van der Waals surface area contributed by atoms with Gasteiger partial charge in [0, 0.05) is 11.1 Å². The second kappa shape index (κ2) is 13.5. The molecule has 0 bridgehead atoms. The number of carbonyl (C=O) groups is 2. The Bertz CT molecular complexity index is 1120. The highest BCUT2D eigenvalue weighted by Crippen LogP contribution is 2.51. The van der Waals surface area contributed by atoms with Gasteiger partial charge >= 0.3 is 19.8 Å². The van der Waals surface area contributed by atoms with E-state index in [1.165, 1.54) is 12.3 Å². The number of amidine groups is 1. The molecule has 0 radical (unpaired) electrons. The number of aliphatic hydroxyl groups is 1. The summed E-state index contributed by atoms with van der Waals surface area (Å²) in [6, 6.07) is 0. The molecule has 1 unspecified atom stereocenters. The van der Waals surface area contributed by atoms with Gasteiger partial charge in [0.05, 0.1) is 24.5 Å². The smallest absolute Gasteiger partial charge is 0.438 e. The number of aliphatic imine (C=N–C) groups is 1. The molecule has 5 atom stereocenters. The van der Waals surface area contributed by atoms with Crippen molar-refractivity contribution in [3.8, 4) is 0 Å². The Labute approximate surface area is 230 Å². The lowest BCUT2D eigenvalue weighted by atomic mass is 9.97. The third-order valence-electron chi connectivity index (χ3n) is 5.47. The van der Waals surface area contributed by atoms with E-state index in [1.54, 1.807) is 34.6 Å². The van der Waals surface area contributed by atoms with Crippen molar-refractivity contribution in [2.24, 2.45) is 27.2 Å². The van der Waals surface area contributed by atoms with E-state index in [0.717, 1.165) is 4.90 Å². The van der Waals surface area contributed by atoms with Crippen LogP contribution in [-0.2, 0) is 41.9 Å². The zero-order chi connectivity index (χ0) is 30.3. The largest absolute Gasteiger partial charge is 0.480 e. The van der Waals surface area contributed by atoms with Gasteiger partial charge in [-0.3, -0.25) is 14.1 Å². The number of hydrogen-bond acceptors (Lipinski definition) is 14. The third-order valence-corrected chi connectivity index (χ3v) is 6.76. The third kappa shape index (κ3) is 8.48. The summed E-state index contributed by atoms with van der Waals surface area (Å²) in [7, 11) is -4.75. The number of ether oxygens (including phenoxy) is 3. The first-order chi connectivity index (χ1) is 18.5. The van der Waals surface area contributed by atoms with E-state index in [9.17, 15) is 19.3 Å². The van der Waals surface area contributed by atoms with Crippen molar-refractivity contribution in [1.29, 1.82) is 0 Å². The van der Waals surface area contributed by atoms with Crippen molar-refractivity contribution in [1.82, 2.24) is 4.90 Å². The number of phosphoric acid groups is 1. The van der Waals surface area contributed by atoms with Crippen LogP contribution < -0.4 is 5.73 Å². The molecule has 0 amide bonds. The van der Waals surface area contributed by atoms with Gasteiger partial charge in [0.25, 0.3) is 0 Å². The zero-order valence-corrected chi connectivity index (χ0v) is 23.7. The average molecular weight is 593 g/mol. The van der Waals surface area contributed by atoms with Gasteiger partial charge in [-0.1, -0.05) is 25.5 Å². The number of nitrogens with two attached hydrogens (primary N) is 1. The number of phosphoric ester groups is 1. The SMILES string of the molecule is C=C1N=C(N)C=CN1[C@@H]1O[C@](CN=[N+]=[N-])(COP(=O)(OCOC(=O)C(C)C)OCOC(=O)C(C)(C)C)[C@@H](O)[C@H]1F. The van der Waals surface area contributed by atoms with Crippen LogP contribution in [0.1, 0.15) is 34.6 Å². The van der Waals surface area contributed by atoms with Crippen molar-refractivity contribution in [3.63, 3.8) is 0 Å². The summed E-state index contributed by atoms with van der Waals surface area (Å²) in [6.07, 6.45) is -2.99. The fraction of sp³-hybridized carbons (Fsp3) is 0.682. The molecular formula is C22H34FN6O10P. The highest BCUT2D eigenvalue weighted by Gasteiger charge is 2.58. The number of alkyl halides is 1. The monoisotopic (exact) mass is 592 g/mol. The molecule has 16 nitrogen and oxygen atoms in total.